The van der Waals surface area contributed by atoms with Crippen LogP contribution in [0.4, 0.5) is 4.39 Å². The van der Waals surface area contributed by atoms with Crippen molar-refractivity contribution in [1.29, 1.82) is 0 Å². The van der Waals surface area contributed by atoms with Crippen LogP contribution in [0.1, 0.15) is 23.0 Å². The van der Waals surface area contributed by atoms with E-state index in [-0.39, 0.29) is 11.7 Å². The standard InChI is InChI=1S/C16H18FNO3/c1-5-21-16(19)12-9-14(18(3)10(12)2)11-6-7-15(20-4)13(17)8-11/h6-9H,5H2,1-4H3. The third-order valence-corrected chi connectivity index (χ3v) is 3.48. The molecule has 1 aromatic heterocycles. The second kappa shape index (κ2) is 5.99. The van der Waals surface area contributed by atoms with Gasteiger partial charge < -0.3 is 14.0 Å². The molecule has 0 radical (unpaired) electrons. The topological polar surface area (TPSA) is 40.5 Å². The van der Waals surface area contributed by atoms with Crippen LogP contribution in [-0.4, -0.2) is 24.3 Å². The van der Waals surface area contributed by atoms with Crippen LogP contribution < -0.4 is 4.74 Å². The van der Waals surface area contributed by atoms with Gasteiger partial charge in [0.2, 0.25) is 0 Å². The van der Waals surface area contributed by atoms with E-state index in [1.54, 1.807) is 25.1 Å². The Kier molecular flexibility index (Phi) is 4.31. The van der Waals surface area contributed by atoms with Crippen LogP contribution in [0, 0.1) is 12.7 Å². The summed E-state index contributed by atoms with van der Waals surface area (Å²) in [4.78, 5) is 11.9. The van der Waals surface area contributed by atoms with Crippen LogP contribution in [0.25, 0.3) is 11.3 Å². The lowest BCUT2D eigenvalue weighted by molar-refractivity contribution is 0.0525. The van der Waals surface area contributed by atoms with E-state index in [0.717, 1.165) is 11.4 Å². The largest absolute Gasteiger partial charge is 0.494 e. The fraction of sp³-hybridized carbons (Fsp3) is 0.312. The zero-order chi connectivity index (χ0) is 15.6. The number of esters is 1. The molecule has 4 nitrogen and oxygen atoms in total. The van der Waals surface area contributed by atoms with Crippen molar-refractivity contribution in [2.45, 2.75) is 13.8 Å². The van der Waals surface area contributed by atoms with E-state index in [1.807, 2.05) is 18.5 Å². The quantitative estimate of drug-likeness (QED) is 0.811. The number of ether oxygens (including phenoxy) is 2. The van der Waals surface area contributed by atoms with E-state index < -0.39 is 5.82 Å². The fourth-order valence-corrected chi connectivity index (χ4v) is 2.22. The van der Waals surface area contributed by atoms with Gasteiger partial charge >= 0.3 is 5.97 Å². The third kappa shape index (κ3) is 2.77. The lowest BCUT2D eigenvalue weighted by Gasteiger charge is -2.07. The number of nitrogens with zero attached hydrogens (tertiary/aromatic N) is 1. The highest BCUT2D eigenvalue weighted by atomic mass is 19.1. The molecule has 1 heterocycles. The summed E-state index contributed by atoms with van der Waals surface area (Å²) in [5.74, 6) is -0.618. The van der Waals surface area contributed by atoms with Crippen molar-refractivity contribution in [3.63, 3.8) is 0 Å². The molecule has 0 amide bonds. The molecular formula is C16H18FNO3. The number of benzene rings is 1. The second-order valence-corrected chi connectivity index (χ2v) is 4.66. The molecule has 0 N–H and O–H groups in total. The molecule has 0 atom stereocenters. The first-order chi connectivity index (χ1) is 9.99. The molecule has 0 fully saturated rings. The van der Waals surface area contributed by atoms with E-state index in [0.29, 0.717) is 17.7 Å². The molecule has 2 rings (SSSR count). The molecule has 0 aliphatic rings. The van der Waals surface area contributed by atoms with Crippen molar-refractivity contribution >= 4 is 5.97 Å². The molecule has 2 aromatic rings. The highest BCUT2D eigenvalue weighted by Crippen LogP contribution is 2.28. The minimum absolute atomic E-state index is 0.190. The van der Waals surface area contributed by atoms with E-state index in [4.69, 9.17) is 9.47 Å². The van der Waals surface area contributed by atoms with Crippen LogP contribution in [0.2, 0.25) is 0 Å². The maximum absolute atomic E-state index is 13.8. The summed E-state index contributed by atoms with van der Waals surface area (Å²) in [6.07, 6.45) is 0. The molecule has 21 heavy (non-hydrogen) atoms. The maximum Gasteiger partial charge on any atom is 0.339 e. The Hall–Kier alpha value is -2.30. The number of methoxy groups -OCH3 is 1. The molecule has 0 spiro atoms. The predicted octanol–water partition coefficient (Wildman–Crippen LogP) is 3.32. The molecule has 0 unspecified atom stereocenters. The van der Waals surface area contributed by atoms with Gasteiger partial charge in [0, 0.05) is 24.0 Å². The van der Waals surface area contributed by atoms with Gasteiger partial charge in [-0.2, -0.15) is 0 Å². The zero-order valence-electron chi connectivity index (χ0n) is 12.6. The van der Waals surface area contributed by atoms with Crippen LogP contribution in [0.3, 0.4) is 0 Å². The van der Waals surface area contributed by atoms with Gasteiger partial charge in [0.15, 0.2) is 11.6 Å². The van der Waals surface area contributed by atoms with E-state index in [9.17, 15) is 9.18 Å². The Labute approximate surface area is 123 Å². The number of carbonyl (C=O) groups is 1. The first-order valence-electron chi connectivity index (χ1n) is 6.67. The van der Waals surface area contributed by atoms with Crippen molar-refractivity contribution < 1.29 is 18.7 Å². The highest BCUT2D eigenvalue weighted by molar-refractivity contribution is 5.92. The van der Waals surface area contributed by atoms with E-state index in [2.05, 4.69) is 0 Å². The summed E-state index contributed by atoms with van der Waals surface area (Å²) in [6, 6.07) is 6.43. The molecule has 0 saturated carbocycles. The zero-order valence-corrected chi connectivity index (χ0v) is 12.6. The normalized spacial score (nSPS) is 10.5. The van der Waals surface area contributed by atoms with Crippen LogP contribution >= 0.6 is 0 Å². The second-order valence-electron chi connectivity index (χ2n) is 4.66. The lowest BCUT2D eigenvalue weighted by atomic mass is 10.1. The van der Waals surface area contributed by atoms with Gasteiger partial charge in [-0.25, -0.2) is 9.18 Å². The van der Waals surface area contributed by atoms with E-state index >= 15 is 0 Å². The van der Waals surface area contributed by atoms with Gasteiger partial charge in [-0.3, -0.25) is 0 Å². The molecule has 1 aromatic carbocycles. The van der Waals surface area contributed by atoms with Gasteiger partial charge in [0.1, 0.15) is 0 Å². The van der Waals surface area contributed by atoms with Crippen molar-refractivity contribution in [2.75, 3.05) is 13.7 Å². The van der Waals surface area contributed by atoms with Crippen LogP contribution in [-0.2, 0) is 11.8 Å². The molecule has 5 heteroatoms. The third-order valence-electron chi connectivity index (χ3n) is 3.48. The van der Waals surface area contributed by atoms with Gasteiger partial charge in [-0.05, 0) is 38.1 Å². The van der Waals surface area contributed by atoms with Crippen molar-refractivity contribution in [1.82, 2.24) is 4.57 Å². The Bertz CT molecular complexity index is 676. The van der Waals surface area contributed by atoms with E-state index in [1.165, 1.54) is 13.2 Å². The van der Waals surface area contributed by atoms with Gasteiger partial charge in [-0.15, -0.1) is 0 Å². The van der Waals surface area contributed by atoms with Gasteiger partial charge in [0.05, 0.1) is 19.3 Å². The summed E-state index contributed by atoms with van der Waals surface area (Å²) >= 11 is 0. The molecule has 0 bridgehead atoms. The lowest BCUT2D eigenvalue weighted by Crippen LogP contribution is -2.06. The van der Waals surface area contributed by atoms with Crippen LogP contribution in [0.5, 0.6) is 5.75 Å². The fourth-order valence-electron chi connectivity index (χ4n) is 2.22. The minimum Gasteiger partial charge on any atom is -0.494 e. The molecule has 0 saturated heterocycles. The summed E-state index contributed by atoms with van der Waals surface area (Å²) in [5, 5.41) is 0. The highest BCUT2D eigenvalue weighted by Gasteiger charge is 2.18. The van der Waals surface area contributed by atoms with Gasteiger partial charge in [-0.1, -0.05) is 0 Å². The average molecular weight is 291 g/mol. The van der Waals surface area contributed by atoms with Crippen molar-refractivity contribution in [2.24, 2.45) is 7.05 Å². The number of halogens is 1. The average Bonchev–Trinajstić information content (AvgIpc) is 2.76. The predicted molar refractivity (Wildman–Crippen MR) is 78.1 cm³/mol. The van der Waals surface area contributed by atoms with Crippen molar-refractivity contribution in [3.05, 3.63) is 41.3 Å². The Balaban J connectivity index is 2.48. The van der Waals surface area contributed by atoms with Gasteiger partial charge in [0.25, 0.3) is 0 Å². The summed E-state index contributed by atoms with van der Waals surface area (Å²) < 4.78 is 25.6. The SMILES string of the molecule is CCOC(=O)c1cc(-c2ccc(OC)c(F)c2)n(C)c1C. The smallest absolute Gasteiger partial charge is 0.339 e. The maximum atomic E-state index is 13.8. The Morgan fingerprint density at radius 2 is 2.05 bits per heavy atom. The molecule has 112 valence electrons. The molecular weight excluding hydrogens is 273 g/mol. The molecule has 0 aliphatic heterocycles. The summed E-state index contributed by atoms with van der Waals surface area (Å²) in [7, 11) is 3.25. The first kappa shape index (κ1) is 15.1. The molecule has 0 aliphatic carbocycles. The van der Waals surface area contributed by atoms with Crippen molar-refractivity contribution in [3.8, 4) is 17.0 Å². The van der Waals surface area contributed by atoms with Crippen LogP contribution in [0.15, 0.2) is 24.3 Å². The number of aromatic nitrogens is 1. The minimum atomic E-state index is -0.438. The number of hydrogen-bond donors (Lipinski definition) is 0. The Morgan fingerprint density at radius 3 is 2.62 bits per heavy atom. The monoisotopic (exact) mass is 291 g/mol. The summed E-state index contributed by atoms with van der Waals surface area (Å²) in [6.45, 7) is 3.91. The first-order valence-corrected chi connectivity index (χ1v) is 6.67. The number of rotatable bonds is 4. The number of carbonyl (C=O) groups excluding carboxylic acids is 1. The number of hydrogen-bond acceptors (Lipinski definition) is 3. The Morgan fingerprint density at radius 1 is 1.33 bits per heavy atom. The summed E-state index contributed by atoms with van der Waals surface area (Å²) in [5.41, 5.74) is 2.69.